The van der Waals surface area contributed by atoms with E-state index in [1.165, 1.54) is 24.9 Å². The lowest BCUT2D eigenvalue weighted by Gasteiger charge is -2.28. The second kappa shape index (κ2) is 7.13. The molecule has 1 aliphatic rings. The van der Waals surface area contributed by atoms with E-state index in [1.54, 1.807) is 0 Å². The third-order valence-electron chi connectivity index (χ3n) is 3.93. The molecule has 2 aromatic carbocycles. The fourth-order valence-electron chi connectivity index (χ4n) is 2.74. The van der Waals surface area contributed by atoms with Crippen LogP contribution in [0.5, 0.6) is 0 Å². The minimum atomic E-state index is -0.0655. The van der Waals surface area contributed by atoms with Gasteiger partial charge in [-0.3, -0.25) is 4.79 Å². The van der Waals surface area contributed by atoms with Crippen LogP contribution in [0.3, 0.4) is 0 Å². The highest BCUT2D eigenvalue weighted by Gasteiger charge is 2.11. The zero-order valence-electron chi connectivity index (χ0n) is 12.4. The van der Waals surface area contributed by atoms with Gasteiger partial charge in [0.1, 0.15) is 0 Å². The van der Waals surface area contributed by atoms with Gasteiger partial charge >= 0.3 is 0 Å². The third-order valence-corrected chi connectivity index (χ3v) is 4.60. The van der Waals surface area contributed by atoms with Gasteiger partial charge < -0.3 is 10.2 Å². The molecular formula is C18H19IN2O. The predicted molar refractivity (Wildman–Crippen MR) is 99.6 cm³/mol. The monoisotopic (exact) mass is 406 g/mol. The number of anilines is 2. The molecule has 0 aromatic heterocycles. The molecule has 114 valence electrons. The van der Waals surface area contributed by atoms with E-state index in [-0.39, 0.29) is 5.91 Å². The van der Waals surface area contributed by atoms with Gasteiger partial charge in [-0.15, -0.1) is 0 Å². The normalized spacial score (nSPS) is 14.7. The second-order valence-corrected chi connectivity index (χ2v) is 6.80. The van der Waals surface area contributed by atoms with Crippen molar-refractivity contribution in [2.45, 2.75) is 19.3 Å². The maximum atomic E-state index is 12.2. The average Bonchev–Trinajstić information content (AvgIpc) is 2.56. The Labute approximate surface area is 144 Å². The molecule has 1 heterocycles. The van der Waals surface area contributed by atoms with Crippen LogP contribution in [0.2, 0.25) is 0 Å². The van der Waals surface area contributed by atoms with Gasteiger partial charge in [-0.05, 0) is 84.3 Å². The first-order chi connectivity index (χ1) is 10.7. The zero-order chi connectivity index (χ0) is 15.4. The Morgan fingerprint density at radius 1 is 1.00 bits per heavy atom. The summed E-state index contributed by atoms with van der Waals surface area (Å²) in [6.45, 7) is 2.27. The highest BCUT2D eigenvalue weighted by molar-refractivity contribution is 14.1. The van der Waals surface area contributed by atoms with Crippen LogP contribution in [-0.2, 0) is 0 Å². The first-order valence-corrected chi connectivity index (χ1v) is 8.72. The Balaban J connectivity index is 1.66. The number of halogens is 1. The van der Waals surface area contributed by atoms with Gasteiger partial charge in [-0.2, -0.15) is 0 Å². The number of carbonyl (C=O) groups excluding carboxylic acids is 1. The maximum absolute atomic E-state index is 12.2. The van der Waals surface area contributed by atoms with Gasteiger partial charge in [0.25, 0.3) is 5.91 Å². The molecule has 1 aliphatic heterocycles. The molecule has 1 saturated heterocycles. The van der Waals surface area contributed by atoms with Crippen LogP contribution in [-0.4, -0.2) is 19.0 Å². The molecule has 3 nitrogen and oxygen atoms in total. The van der Waals surface area contributed by atoms with Gasteiger partial charge in [0.05, 0.1) is 0 Å². The Bertz CT molecular complexity index is 648. The number of hydrogen-bond acceptors (Lipinski definition) is 2. The number of carbonyl (C=O) groups is 1. The lowest BCUT2D eigenvalue weighted by Crippen LogP contribution is -2.29. The van der Waals surface area contributed by atoms with Crippen molar-refractivity contribution in [1.29, 1.82) is 0 Å². The fourth-order valence-corrected chi connectivity index (χ4v) is 3.28. The average molecular weight is 406 g/mol. The van der Waals surface area contributed by atoms with E-state index >= 15 is 0 Å². The summed E-state index contributed by atoms with van der Waals surface area (Å²) in [6.07, 6.45) is 3.87. The third kappa shape index (κ3) is 3.80. The van der Waals surface area contributed by atoms with Gasteiger partial charge in [0, 0.05) is 33.6 Å². The first-order valence-electron chi connectivity index (χ1n) is 7.64. The van der Waals surface area contributed by atoms with E-state index in [4.69, 9.17) is 0 Å². The van der Waals surface area contributed by atoms with Gasteiger partial charge in [0.15, 0.2) is 0 Å². The number of piperidine rings is 1. The molecule has 0 bridgehead atoms. The Kier molecular flexibility index (Phi) is 4.97. The number of benzene rings is 2. The molecule has 0 saturated carbocycles. The van der Waals surface area contributed by atoms with E-state index in [0.717, 1.165) is 22.3 Å². The van der Waals surface area contributed by atoms with Crippen LogP contribution < -0.4 is 10.2 Å². The van der Waals surface area contributed by atoms with Crippen molar-refractivity contribution >= 4 is 39.9 Å². The van der Waals surface area contributed by atoms with Crippen LogP contribution in [0.15, 0.2) is 48.5 Å². The summed E-state index contributed by atoms with van der Waals surface area (Å²) in [5.74, 6) is -0.0655. The number of nitrogens with zero attached hydrogens (tertiary/aromatic N) is 1. The van der Waals surface area contributed by atoms with Crippen molar-refractivity contribution in [2.75, 3.05) is 23.3 Å². The van der Waals surface area contributed by atoms with E-state index in [2.05, 4.69) is 44.9 Å². The molecule has 0 atom stereocenters. The summed E-state index contributed by atoms with van der Waals surface area (Å²) in [6, 6.07) is 15.7. The SMILES string of the molecule is O=C(Nc1ccc(N2CCCCC2)cc1)c1cccc(I)c1. The molecule has 1 fully saturated rings. The van der Waals surface area contributed by atoms with E-state index in [1.807, 2.05) is 36.4 Å². The summed E-state index contributed by atoms with van der Waals surface area (Å²) < 4.78 is 1.06. The van der Waals surface area contributed by atoms with Crippen molar-refractivity contribution < 1.29 is 4.79 Å². The summed E-state index contributed by atoms with van der Waals surface area (Å²) in [4.78, 5) is 14.6. The molecule has 22 heavy (non-hydrogen) atoms. The van der Waals surface area contributed by atoms with Crippen LogP contribution in [0.4, 0.5) is 11.4 Å². The van der Waals surface area contributed by atoms with Crippen molar-refractivity contribution in [3.05, 3.63) is 57.7 Å². The molecule has 0 spiro atoms. The van der Waals surface area contributed by atoms with E-state index in [9.17, 15) is 4.79 Å². The summed E-state index contributed by atoms with van der Waals surface area (Å²) >= 11 is 2.21. The predicted octanol–water partition coefficient (Wildman–Crippen LogP) is 4.53. The van der Waals surface area contributed by atoms with Gasteiger partial charge in [-0.1, -0.05) is 6.07 Å². The minimum absolute atomic E-state index is 0.0655. The number of hydrogen-bond donors (Lipinski definition) is 1. The van der Waals surface area contributed by atoms with Crippen molar-refractivity contribution in [1.82, 2.24) is 0 Å². The Hall–Kier alpha value is -1.56. The quantitative estimate of drug-likeness (QED) is 0.760. The molecule has 3 rings (SSSR count). The van der Waals surface area contributed by atoms with E-state index in [0.29, 0.717) is 5.56 Å². The number of nitrogens with one attached hydrogen (secondary N) is 1. The molecular weight excluding hydrogens is 387 g/mol. The molecule has 0 aliphatic carbocycles. The van der Waals surface area contributed by atoms with Crippen molar-refractivity contribution in [3.8, 4) is 0 Å². The maximum Gasteiger partial charge on any atom is 0.255 e. The highest BCUT2D eigenvalue weighted by Crippen LogP contribution is 2.22. The number of amides is 1. The zero-order valence-corrected chi connectivity index (χ0v) is 14.5. The fraction of sp³-hybridized carbons (Fsp3) is 0.278. The lowest BCUT2D eigenvalue weighted by molar-refractivity contribution is 0.102. The Morgan fingerprint density at radius 3 is 2.41 bits per heavy atom. The van der Waals surface area contributed by atoms with Gasteiger partial charge in [-0.25, -0.2) is 0 Å². The second-order valence-electron chi connectivity index (χ2n) is 5.56. The van der Waals surface area contributed by atoms with Crippen LogP contribution in [0, 0.1) is 3.57 Å². The van der Waals surface area contributed by atoms with Crippen LogP contribution >= 0.6 is 22.6 Å². The minimum Gasteiger partial charge on any atom is -0.372 e. The van der Waals surface area contributed by atoms with Gasteiger partial charge in [0.2, 0.25) is 0 Å². The van der Waals surface area contributed by atoms with Crippen LogP contribution in [0.1, 0.15) is 29.6 Å². The first kappa shape index (κ1) is 15.3. The van der Waals surface area contributed by atoms with Crippen LogP contribution in [0.25, 0.3) is 0 Å². The Morgan fingerprint density at radius 2 is 1.73 bits per heavy atom. The smallest absolute Gasteiger partial charge is 0.255 e. The van der Waals surface area contributed by atoms with E-state index < -0.39 is 0 Å². The molecule has 4 heteroatoms. The summed E-state index contributed by atoms with van der Waals surface area (Å²) in [5.41, 5.74) is 2.77. The molecule has 0 unspecified atom stereocenters. The topological polar surface area (TPSA) is 32.3 Å². The lowest BCUT2D eigenvalue weighted by atomic mass is 10.1. The summed E-state index contributed by atoms with van der Waals surface area (Å²) in [5, 5.41) is 2.95. The van der Waals surface area contributed by atoms with Crippen molar-refractivity contribution in [2.24, 2.45) is 0 Å². The highest BCUT2D eigenvalue weighted by atomic mass is 127. The summed E-state index contributed by atoms with van der Waals surface area (Å²) in [7, 11) is 0. The number of rotatable bonds is 3. The molecule has 2 aromatic rings. The standard InChI is InChI=1S/C18H19IN2O/c19-15-6-4-5-14(13-15)18(22)20-16-7-9-17(10-8-16)21-11-2-1-3-12-21/h4-10,13H,1-3,11-12H2,(H,20,22). The van der Waals surface area contributed by atoms with Crippen molar-refractivity contribution in [3.63, 3.8) is 0 Å². The molecule has 1 N–H and O–H groups in total. The largest absolute Gasteiger partial charge is 0.372 e. The molecule has 1 amide bonds. The molecule has 0 radical (unpaired) electrons.